The number of nitrogens with zero attached hydrogens (tertiary/aromatic N) is 1. The van der Waals surface area contributed by atoms with E-state index in [4.69, 9.17) is 16.3 Å². The fourth-order valence-corrected chi connectivity index (χ4v) is 3.46. The van der Waals surface area contributed by atoms with Crippen LogP contribution in [0.15, 0.2) is 48.2 Å². The summed E-state index contributed by atoms with van der Waals surface area (Å²) in [5.41, 5.74) is 4.23. The number of benzene rings is 2. The molecule has 1 aliphatic heterocycles. The molecule has 146 valence electrons. The van der Waals surface area contributed by atoms with Gasteiger partial charge in [0.25, 0.3) is 11.8 Å². The summed E-state index contributed by atoms with van der Waals surface area (Å²) in [7, 11) is 1.60. The van der Waals surface area contributed by atoms with Gasteiger partial charge in [-0.15, -0.1) is 0 Å². The van der Waals surface area contributed by atoms with E-state index in [1.807, 2.05) is 26.0 Å². The maximum absolute atomic E-state index is 13.1. The van der Waals surface area contributed by atoms with E-state index in [1.54, 1.807) is 31.4 Å². The third-order valence-electron chi connectivity index (χ3n) is 4.52. The standard InChI is InChI=1S/C22H23ClN2O3/c1-14-11-15(2)13-18(12-14)24-20-19(16-5-7-17(23)8-6-16)21(26)25(22(20)27)9-4-10-28-3/h5-8,11-13,24H,4,9-10H2,1-3H3. The summed E-state index contributed by atoms with van der Waals surface area (Å²) in [6.07, 6.45) is 0.582. The van der Waals surface area contributed by atoms with Crippen molar-refractivity contribution in [3.8, 4) is 0 Å². The zero-order valence-corrected chi connectivity index (χ0v) is 17.0. The molecule has 5 nitrogen and oxygen atoms in total. The van der Waals surface area contributed by atoms with Gasteiger partial charge in [0.1, 0.15) is 5.70 Å². The Bertz CT molecular complexity index is 915. The summed E-state index contributed by atoms with van der Waals surface area (Å²) < 4.78 is 5.05. The first kappa shape index (κ1) is 20.1. The van der Waals surface area contributed by atoms with Crippen LogP contribution in [0.1, 0.15) is 23.1 Å². The lowest BCUT2D eigenvalue weighted by Gasteiger charge is -2.15. The maximum atomic E-state index is 13.1. The highest BCUT2D eigenvalue weighted by Gasteiger charge is 2.38. The van der Waals surface area contributed by atoms with Crippen molar-refractivity contribution in [2.45, 2.75) is 20.3 Å². The third-order valence-corrected chi connectivity index (χ3v) is 4.77. The van der Waals surface area contributed by atoms with Gasteiger partial charge in [0.15, 0.2) is 0 Å². The number of amides is 2. The number of anilines is 1. The maximum Gasteiger partial charge on any atom is 0.278 e. The van der Waals surface area contributed by atoms with Crippen LogP contribution >= 0.6 is 11.6 Å². The number of imide groups is 1. The van der Waals surface area contributed by atoms with Crippen molar-refractivity contribution in [1.29, 1.82) is 0 Å². The molecule has 2 aromatic carbocycles. The summed E-state index contributed by atoms with van der Waals surface area (Å²) in [4.78, 5) is 27.4. The van der Waals surface area contributed by atoms with Gasteiger partial charge in [-0.2, -0.15) is 0 Å². The summed E-state index contributed by atoms with van der Waals surface area (Å²) >= 11 is 5.99. The monoisotopic (exact) mass is 398 g/mol. The number of halogens is 1. The number of carbonyl (C=O) groups excluding carboxylic acids is 2. The molecule has 3 rings (SSSR count). The van der Waals surface area contributed by atoms with E-state index < -0.39 is 0 Å². The molecule has 1 N–H and O–H groups in total. The van der Waals surface area contributed by atoms with Gasteiger partial charge in [0.05, 0.1) is 5.57 Å². The SMILES string of the molecule is COCCCN1C(=O)C(Nc2cc(C)cc(C)c2)=C(c2ccc(Cl)cc2)C1=O. The predicted molar refractivity (Wildman–Crippen MR) is 111 cm³/mol. The molecule has 1 aliphatic rings. The molecule has 2 amide bonds. The van der Waals surface area contributed by atoms with Gasteiger partial charge in [0, 0.05) is 31.0 Å². The second-order valence-corrected chi connectivity index (χ2v) is 7.30. The number of nitrogens with one attached hydrogen (secondary N) is 1. The van der Waals surface area contributed by atoms with Crippen molar-refractivity contribution >= 4 is 34.7 Å². The Morgan fingerprint density at radius 2 is 1.64 bits per heavy atom. The van der Waals surface area contributed by atoms with Crippen LogP contribution < -0.4 is 5.32 Å². The van der Waals surface area contributed by atoms with Crippen LogP contribution in [0.3, 0.4) is 0 Å². The fraction of sp³-hybridized carbons (Fsp3) is 0.273. The van der Waals surface area contributed by atoms with Crippen LogP contribution in [0.5, 0.6) is 0 Å². The van der Waals surface area contributed by atoms with E-state index in [1.165, 1.54) is 4.90 Å². The molecule has 0 aliphatic carbocycles. The number of hydrogen-bond acceptors (Lipinski definition) is 4. The Morgan fingerprint density at radius 3 is 2.25 bits per heavy atom. The zero-order valence-electron chi connectivity index (χ0n) is 16.2. The molecule has 0 saturated carbocycles. The number of ether oxygens (including phenoxy) is 1. The molecule has 6 heteroatoms. The number of methoxy groups -OCH3 is 1. The minimum absolute atomic E-state index is 0.287. The minimum atomic E-state index is -0.329. The molecule has 0 atom stereocenters. The largest absolute Gasteiger partial charge is 0.385 e. The van der Waals surface area contributed by atoms with Crippen molar-refractivity contribution in [2.24, 2.45) is 0 Å². The van der Waals surface area contributed by atoms with Crippen LogP contribution in [0.25, 0.3) is 5.57 Å². The highest BCUT2D eigenvalue weighted by molar-refractivity contribution is 6.36. The Balaban J connectivity index is 2.01. The van der Waals surface area contributed by atoms with Crippen LogP contribution in [-0.2, 0) is 14.3 Å². The van der Waals surface area contributed by atoms with Gasteiger partial charge in [0.2, 0.25) is 0 Å². The molecule has 0 spiro atoms. The van der Waals surface area contributed by atoms with Gasteiger partial charge >= 0.3 is 0 Å². The van der Waals surface area contributed by atoms with Crippen molar-refractivity contribution in [3.05, 3.63) is 69.9 Å². The second-order valence-electron chi connectivity index (χ2n) is 6.87. The van der Waals surface area contributed by atoms with Crippen LogP contribution in [0.4, 0.5) is 5.69 Å². The average molecular weight is 399 g/mol. The summed E-state index contributed by atoms with van der Waals surface area (Å²) in [6, 6.07) is 12.9. The molecule has 28 heavy (non-hydrogen) atoms. The van der Waals surface area contributed by atoms with E-state index in [2.05, 4.69) is 11.4 Å². The van der Waals surface area contributed by atoms with Gasteiger partial charge < -0.3 is 10.1 Å². The summed E-state index contributed by atoms with van der Waals surface area (Å²) in [6.45, 7) is 4.77. The quantitative estimate of drug-likeness (QED) is 0.561. The van der Waals surface area contributed by atoms with E-state index in [9.17, 15) is 9.59 Å². The Morgan fingerprint density at radius 1 is 1.00 bits per heavy atom. The highest BCUT2D eigenvalue weighted by atomic mass is 35.5. The fourth-order valence-electron chi connectivity index (χ4n) is 3.34. The zero-order chi connectivity index (χ0) is 20.3. The predicted octanol–water partition coefficient (Wildman–Crippen LogP) is 4.19. The number of aryl methyl sites for hydroxylation is 2. The van der Waals surface area contributed by atoms with Crippen molar-refractivity contribution in [3.63, 3.8) is 0 Å². The lowest BCUT2D eigenvalue weighted by Crippen LogP contribution is -2.33. The molecule has 0 unspecified atom stereocenters. The Labute approximate surface area is 169 Å². The second kappa shape index (κ2) is 8.59. The number of hydrogen-bond donors (Lipinski definition) is 1. The summed E-state index contributed by atoms with van der Waals surface area (Å²) in [5, 5.41) is 3.76. The average Bonchev–Trinajstić information content (AvgIpc) is 2.86. The van der Waals surface area contributed by atoms with E-state index in [0.717, 1.165) is 16.8 Å². The highest BCUT2D eigenvalue weighted by Crippen LogP contribution is 2.31. The molecular formula is C22H23ClN2O3. The Kier molecular flexibility index (Phi) is 6.17. The van der Waals surface area contributed by atoms with Crippen LogP contribution in [0, 0.1) is 13.8 Å². The van der Waals surface area contributed by atoms with Gasteiger partial charge in [-0.3, -0.25) is 14.5 Å². The molecule has 0 bridgehead atoms. The number of rotatable bonds is 7. The van der Waals surface area contributed by atoms with Crippen molar-refractivity contribution in [2.75, 3.05) is 25.6 Å². The smallest absolute Gasteiger partial charge is 0.278 e. The summed E-state index contributed by atoms with van der Waals surface area (Å²) in [5.74, 6) is -0.638. The van der Waals surface area contributed by atoms with Gasteiger partial charge in [-0.05, 0) is 61.2 Å². The molecular weight excluding hydrogens is 376 g/mol. The topological polar surface area (TPSA) is 58.6 Å². The third kappa shape index (κ3) is 4.26. The molecule has 0 fully saturated rings. The van der Waals surface area contributed by atoms with Gasteiger partial charge in [-0.25, -0.2) is 0 Å². The van der Waals surface area contributed by atoms with Crippen LogP contribution in [-0.4, -0.2) is 37.0 Å². The molecule has 0 saturated heterocycles. The van der Waals surface area contributed by atoms with Crippen molar-refractivity contribution < 1.29 is 14.3 Å². The van der Waals surface area contributed by atoms with E-state index in [0.29, 0.717) is 35.7 Å². The molecule has 0 radical (unpaired) electrons. The van der Waals surface area contributed by atoms with Gasteiger partial charge in [-0.1, -0.05) is 29.8 Å². The molecule has 0 aromatic heterocycles. The van der Waals surface area contributed by atoms with Crippen molar-refractivity contribution in [1.82, 2.24) is 4.90 Å². The van der Waals surface area contributed by atoms with E-state index in [-0.39, 0.29) is 17.5 Å². The number of carbonyl (C=O) groups is 2. The lowest BCUT2D eigenvalue weighted by molar-refractivity contribution is -0.136. The normalized spacial score (nSPS) is 14.2. The first-order valence-corrected chi connectivity index (χ1v) is 9.49. The van der Waals surface area contributed by atoms with Crippen LogP contribution in [0.2, 0.25) is 5.02 Å². The lowest BCUT2D eigenvalue weighted by atomic mass is 10.0. The minimum Gasteiger partial charge on any atom is -0.385 e. The molecule has 1 heterocycles. The first-order chi connectivity index (χ1) is 13.4. The molecule has 2 aromatic rings. The Hall–Kier alpha value is -2.63. The first-order valence-electron chi connectivity index (χ1n) is 9.11. The van der Waals surface area contributed by atoms with E-state index >= 15 is 0 Å².